The Balaban J connectivity index is 2.15. The van der Waals surface area contributed by atoms with Crippen LogP contribution >= 0.6 is 0 Å². The molecule has 0 spiro atoms. The predicted octanol–water partition coefficient (Wildman–Crippen LogP) is 4.15. The van der Waals surface area contributed by atoms with Crippen molar-refractivity contribution in [1.82, 2.24) is 15.2 Å². The number of fused-ring (bicyclic) bond motifs is 3. The van der Waals surface area contributed by atoms with E-state index >= 15 is 0 Å². The molecule has 114 valence electrons. The van der Waals surface area contributed by atoms with Gasteiger partial charge in [-0.3, -0.25) is 5.10 Å². The number of anilines is 1. The van der Waals surface area contributed by atoms with E-state index in [-0.39, 0.29) is 0 Å². The Labute approximate surface area is 134 Å². The number of rotatable bonds is 2. The molecule has 0 aliphatic carbocycles. The monoisotopic (exact) mass is 302 g/mol. The van der Waals surface area contributed by atoms with E-state index in [0.29, 0.717) is 0 Å². The van der Waals surface area contributed by atoms with Gasteiger partial charge in [0.25, 0.3) is 0 Å². The predicted molar refractivity (Wildman–Crippen MR) is 95.9 cm³/mol. The van der Waals surface area contributed by atoms with Crippen LogP contribution in [0.2, 0.25) is 0 Å². The fourth-order valence-electron chi connectivity index (χ4n) is 2.95. The summed E-state index contributed by atoms with van der Waals surface area (Å²) in [7, 11) is 4.10. The van der Waals surface area contributed by atoms with Crippen LogP contribution in [-0.4, -0.2) is 29.3 Å². The number of aromatic nitrogens is 3. The molecule has 0 bridgehead atoms. The molecule has 1 N–H and O–H groups in total. The Kier molecular flexibility index (Phi) is 3.05. The number of H-pyrrole nitrogens is 1. The summed E-state index contributed by atoms with van der Waals surface area (Å²) in [6.45, 7) is 2.01. The molecule has 4 heteroatoms. The van der Waals surface area contributed by atoms with Crippen LogP contribution in [0.1, 0.15) is 5.69 Å². The molecular formula is C19H18N4. The van der Waals surface area contributed by atoms with Crippen molar-refractivity contribution in [3.8, 4) is 11.3 Å². The first-order chi connectivity index (χ1) is 11.1. The summed E-state index contributed by atoms with van der Waals surface area (Å²) in [5.41, 5.74) is 6.15. The lowest BCUT2D eigenvalue weighted by Gasteiger charge is -2.15. The molecule has 4 aromatic rings. The smallest absolute Gasteiger partial charge is 0.119 e. The molecule has 23 heavy (non-hydrogen) atoms. The maximum Gasteiger partial charge on any atom is 0.119 e. The highest BCUT2D eigenvalue weighted by molar-refractivity contribution is 6.10. The van der Waals surface area contributed by atoms with Gasteiger partial charge in [0.05, 0.1) is 11.4 Å². The molecular weight excluding hydrogens is 284 g/mol. The van der Waals surface area contributed by atoms with Gasteiger partial charge in [-0.15, -0.1) is 0 Å². The van der Waals surface area contributed by atoms with E-state index in [1.165, 1.54) is 0 Å². The van der Waals surface area contributed by atoms with Crippen molar-refractivity contribution in [1.29, 1.82) is 0 Å². The number of pyridine rings is 1. The van der Waals surface area contributed by atoms with E-state index in [0.717, 1.165) is 44.4 Å². The summed E-state index contributed by atoms with van der Waals surface area (Å²) in [6.07, 6.45) is 0. The highest BCUT2D eigenvalue weighted by Crippen LogP contribution is 2.34. The van der Waals surface area contributed by atoms with Gasteiger partial charge in [-0.1, -0.05) is 30.3 Å². The van der Waals surface area contributed by atoms with E-state index in [1.54, 1.807) is 0 Å². The molecule has 0 amide bonds. The third-order valence-corrected chi connectivity index (χ3v) is 4.22. The Hall–Kier alpha value is -2.88. The maximum absolute atomic E-state index is 4.92. The Bertz CT molecular complexity index is 1000. The highest BCUT2D eigenvalue weighted by atomic mass is 15.1. The Morgan fingerprint density at radius 1 is 0.913 bits per heavy atom. The fraction of sp³-hybridized carbons (Fsp3) is 0.158. The largest absolute Gasteiger partial charge is 0.378 e. The summed E-state index contributed by atoms with van der Waals surface area (Å²) < 4.78 is 0. The molecule has 0 unspecified atom stereocenters. The van der Waals surface area contributed by atoms with Crippen molar-refractivity contribution >= 4 is 27.5 Å². The van der Waals surface area contributed by atoms with Gasteiger partial charge in [0.1, 0.15) is 11.0 Å². The first-order valence-electron chi connectivity index (χ1n) is 7.66. The molecule has 2 aromatic carbocycles. The normalized spacial score (nSPS) is 11.3. The zero-order chi connectivity index (χ0) is 16.0. The van der Waals surface area contributed by atoms with Gasteiger partial charge >= 0.3 is 0 Å². The summed E-state index contributed by atoms with van der Waals surface area (Å²) in [5, 5.41) is 9.77. The third kappa shape index (κ3) is 2.14. The first-order valence-corrected chi connectivity index (χ1v) is 7.66. The van der Waals surface area contributed by atoms with Gasteiger partial charge in [0.15, 0.2) is 0 Å². The molecule has 2 aromatic heterocycles. The summed E-state index contributed by atoms with van der Waals surface area (Å²) in [5.74, 6) is 0. The number of hydrogen-bond acceptors (Lipinski definition) is 3. The van der Waals surface area contributed by atoms with Crippen LogP contribution in [0.5, 0.6) is 0 Å². The third-order valence-electron chi connectivity index (χ3n) is 4.22. The Morgan fingerprint density at radius 2 is 1.70 bits per heavy atom. The number of benzene rings is 2. The van der Waals surface area contributed by atoms with Gasteiger partial charge in [-0.25, -0.2) is 4.98 Å². The topological polar surface area (TPSA) is 44.8 Å². The molecule has 0 atom stereocenters. The standard InChI is InChI=1S/C19H18N4/c1-12-17-19(22-21-12)15-10-9-14(23(2)3)11-16(15)18(20-17)13-7-5-4-6-8-13/h4-11H,1-3H3,(H,21,22). The number of aryl methyl sites for hydroxylation is 1. The molecule has 0 saturated heterocycles. The van der Waals surface area contributed by atoms with E-state index in [4.69, 9.17) is 4.98 Å². The SMILES string of the molecule is Cc1[nH]nc2c1nc(-c1ccccc1)c1cc(N(C)C)ccc12. The summed E-state index contributed by atoms with van der Waals surface area (Å²) in [6, 6.07) is 16.8. The van der Waals surface area contributed by atoms with Crippen molar-refractivity contribution in [3.63, 3.8) is 0 Å². The molecule has 0 saturated carbocycles. The van der Waals surface area contributed by atoms with Crippen LogP contribution in [0.25, 0.3) is 33.1 Å². The maximum atomic E-state index is 4.92. The highest BCUT2D eigenvalue weighted by Gasteiger charge is 2.14. The van der Waals surface area contributed by atoms with Crippen LogP contribution in [0.3, 0.4) is 0 Å². The van der Waals surface area contributed by atoms with E-state index in [1.807, 2.05) is 39.2 Å². The molecule has 0 aliphatic rings. The minimum atomic E-state index is 0.933. The molecule has 0 aliphatic heterocycles. The number of hydrogen-bond donors (Lipinski definition) is 1. The van der Waals surface area contributed by atoms with Gasteiger partial charge < -0.3 is 4.90 Å². The molecule has 4 rings (SSSR count). The zero-order valence-electron chi connectivity index (χ0n) is 13.5. The van der Waals surface area contributed by atoms with E-state index in [9.17, 15) is 0 Å². The number of nitrogens with zero attached hydrogens (tertiary/aromatic N) is 3. The molecule has 0 fully saturated rings. The van der Waals surface area contributed by atoms with Crippen molar-refractivity contribution in [2.24, 2.45) is 0 Å². The van der Waals surface area contributed by atoms with Gasteiger partial charge in [-0.05, 0) is 25.1 Å². The lowest BCUT2D eigenvalue weighted by atomic mass is 10.0. The molecule has 0 radical (unpaired) electrons. The zero-order valence-corrected chi connectivity index (χ0v) is 13.5. The van der Waals surface area contributed by atoms with Crippen LogP contribution in [0.4, 0.5) is 5.69 Å². The van der Waals surface area contributed by atoms with Gasteiger partial charge in [-0.2, -0.15) is 5.10 Å². The second kappa shape index (κ2) is 5.09. The van der Waals surface area contributed by atoms with Crippen LogP contribution in [0.15, 0.2) is 48.5 Å². The van der Waals surface area contributed by atoms with Crippen molar-refractivity contribution in [3.05, 3.63) is 54.2 Å². The van der Waals surface area contributed by atoms with Gasteiger partial charge in [0, 0.05) is 36.1 Å². The van der Waals surface area contributed by atoms with Crippen molar-refractivity contribution in [2.45, 2.75) is 6.92 Å². The minimum absolute atomic E-state index is 0.933. The van der Waals surface area contributed by atoms with Crippen LogP contribution in [0, 0.1) is 6.92 Å². The van der Waals surface area contributed by atoms with Crippen LogP contribution in [-0.2, 0) is 0 Å². The first kappa shape index (κ1) is 13.8. The molecule has 2 heterocycles. The summed E-state index contributed by atoms with van der Waals surface area (Å²) >= 11 is 0. The van der Waals surface area contributed by atoms with Crippen LogP contribution < -0.4 is 4.90 Å². The van der Waals surface area contributed by atoms with Crippen molar-refractivity contribution < 1.29 is 0 Å². The minimum Gasteiger partial charge on any atom is -0.378 e. The van der Waals surface area contributed by atoms with Crippen molar-refractivity contribution in [2.75, 3.05) is 19.0 Å². The average molecular weight is 302 g/mol. The lowest BCUT2D eigenvalue weighted by molar-refractivity contribution is 1.07. The van der Waals surface area contributed by atoms with E-state index < -0.39 is 0 Å². The average Bonchev–Trinajstić information content (AvgIpc) is 2.95. The lowest BCUT2D eigenvalue weighted by Crippen LogP contribution is -2.08. The number of nitrogens with one attached hydrogen (secondary N) is 1. The Morgan fingerprint density at radius 3 is 2.43 bits per heavy atom. The summed E-state index contributed by atoms with van der Waals surface area (Å²) in [4.78, 5) is 7.03. The quantitative estimate of drug-likeness (QED) is 0.605. The van der Waals surface area contributed by atoms with Gasteiger partial charge in [0.2, 0.25) is 0 Å². The number of aromatic amines is 1. The second-order valence-corrected chi connectivity index (χ2v) is 6.00. The van der Waals surface area contributed by atoms with E-state index in [2.05, 4.69) is 45.4 Å². The molecule has 4 nitrogen and oxygen atoms in total. The fourth-order valence-corrected chi connectivity index (χ4v) is 2.95. The second-order valence-electron chi connectivity index (χ2n) is 6.00.